The molecule has 0 radical (unpaired) electrons. The van der Waals surface area contributed by atoms with Gasteiger partial charge in [0.25, 0.3) is 5.91 Å². The first-order valence-corrected chi connectivity index (χ1v) is 5.96. The molecular formula is C12H12ClFN2O2. The quantitative estimate of drug-likeness (QED) is 0.855. The Hall–Kier alpha value is -1.62. The van der Waals surface area contributed by atoms with Gasteiger partial charge in [0, 0.05) is 24.0 Å². The van der Waals surface area contributed by atoms with Gasteiger partial charge in [-0.3, -0.25) is 9.59 Å². The van der Waals surface area contributed by atoms with Gasteiger partial charge in [0.05, 0.1) is 5.56 Å². The van der Waals surface area contributed by atoms with E-state index in [9.17, 15) is 14.0 Å². The highest BCUT2D eigenvalue weighted by Gasteiger charge is 2.21. The summed E-state index contributed by atoms with van der Waals surface area (Å²) in [5.41, 5.74) is -0.0451. The average Bonchev–Trinajstić information content (AvgIpc) is 2.32. The van der Waals surface area contributed by atoms with E-state index in [0.29, 0.717) is 19.4 Å². The van der Waals surface area contributed by atoms with Gasteiger partial charge in [-0.1, -0.05) is 11.6 Å². The lowest BCUT2D eigenvalue weighted by atomic mass is 10.1. The van der Waals surface area contributed by atoms with Crippen LogP contribution in [0.1, 0.15) is 23.2 Å². The van der Waals surface area contributed by atoms with Crippen molar-refractivity contribution in [3.8, 4) is 0 Å². The fourth-order valence-electron chi connectivity index (χ4n) is 1.79. The molecule has 1 aromatic carbocycles. The van der Waals surface area contributed by atoms with Gasteiger partial charge in [-0.2, -0.15) is 0 Å². The predicted molar refractivity (Wildman–Crippen MR) is 64.9 cm³/mol. The van der Waals surface area contributed by atoms with Crippen molar-refractivity contribution in [2.75, 3.05) is 6.54 Å². The minimum Gasteiger partial charge on any atom is -0.354 e. The summed E-state index contributed by atoms with van der Waals surface area (Å²) < 4.78 is 13.5. The van der Waals surface area contributed by atoms with Crippen molar-refractivity contribution in [2.24, 2.45) is 0 Å². The molecule has 1 aromatic rings. The van der Waals surface area contributed by atoms with E-state index in [4.69, 9.17) is 11.6 Å². The van der Waals surface area contributed by atoms with Gasteiger partial charge in [-0.15, -0.1) is 0 Å². The first-order valence-electron chi connectivity index (χ1n) is 5.59. The van der Waals surface area contributed by atoms with Gasteiger partial charge < -0.3 is 10.6 Å². The fourth-order valence-corrected chi connectivity index (χ4v) is 1.95. The molecule has 1 heterocycles. The van der Waals surface area contributed by atoms with Crippen LogP contribution in [0.4, 0.5) is 4.39 Å². The van der Waals surface area contributed by atoms with Crippen LogP contribution < -0.4 is 10.6 Å². The molecule has 0 aliphatic carbocycles. The maximum atomic E-state index is 13.5. The summed E-state index contributed by atoms with van der Waals surface area (Å²) in [6.45, 7) is 0.375. The Bertz CT molecular complexity index is 483. The standard InChI is InChI=1S/C12H12ClFN2O2/c13-7-1-3-9(10(14)5-7)12(18)16-8-2-4-11(17)15-6-8/h1,3,5,8H,2,4,6H2,(H,15,17)(H,16,18). The summed E-state index contributed by atoms with van der Waals surface area (Å²) in [5.74, 6) is -1.18. The van der Waals surface area contributed by atoms with Crippen molar-refractivity contribution in [3.63, 3.8) is 0 Å². The minimum atomic E-state index is -0.653. The van der Waals surface area contributed by atoms with Crippen molar-refractivity contribution >= 4 is 23.4 Å². The Balaban J connectivity index is 2.01. The van der Waals surface area contributed by atoms with E-state index in [2.05, 4.69) is 10.6 Å². The average molecular weight is 271 g/mol. The summed E-state index contributed by atoms with van der Waals surface area (Å²) in [4.78, 5) is 22.8. The summed E-state index contributed by atoms with van der Waals surface area (Å²) >= 11 is 5.61. The van der Waals surface area contributed by atoms with Crippen LogP contribution in [0.15, 0.2) is 18.2 Å². The first-order chi connectivity index (χ1) is 8.56. The zero-order valence-corrected chi connectivity index (χ0v) is 10.3. The molecule has 18 heavy (non-hydrogen) atoms. The third kappa shape index (κ3) is 2.98. The maximum Gasteiger partial charge on any atom is 0.254 e. The molecule has 2 N–H and O–H groups in total. The Morgan fingerprint density at radius 3 is 2.89 bits per heavy atom. The smallest absolute Gasteiger partial charge is 0.254 e. The second-order valence-electron chi connectivity index (χ2n) is 4.14. The Labute approximate surface area is 109 Å². The van der Waals surface area contributed by atoms with Crippen molar-refractivity contribution in [1.29, 1.82) is 0 Å². The zero-order valence-electron chi connectivity index (χ0n) is 9.50. The Morgan fingerprint density at radius 1 is 1.50 bits per heavy atom. The lowest BCUT2D eigenvalue weighted by Gasteiger charge is -2.23. The third-order valence-corrected chi connectivity index (χ3v) is 3.01. The van der Waals surface area contributed by atoms with Gasteiger partial charge in [-0.25, -0.2) is 4.39 Å². The Morgan fingerprint density at radius 2 is 2.28 bits per heavy atom. The molecule has 0 spiro atoms. The van der Waals surface area contributed by atoms with Gasteiger partial charge in [0.2, 0.25) is 5.91 Å². The van der Waals surface area contributed by atoms with Crippen LogP contribution in [0.5, 0.6) is 0 Å². The van der Waals surface area contributed by atoms with Gasteiger partial charge in [0.15, 0.2) is 0 Å². The van der Waals surface area contributed by atoms with Crippen molar-refractivity contribution in [3.05, 3.63) is 34.6 Å². The number of amides is 2. The number of nitrogens with one attached hydrogen (secondary N) is 2. The number of carbonyl (C=O) groups excluding carboxylic acids is 2. The molecule has 6 heteroatoms. The van der Waals surface area contributed by atoms with Crippen LogP contribution >= 0.6 is 11.6 Å². The number of piperidine rings is 1. The molecule has 2 amide bonds. The monoisotopic (exact) mass is 270 g/mol. The molecule has 2 rings (SSSR count). The normalized spacial score (nSPS) is 19.2. The molecule has 0 bridgehead atoms. The molecule has 4 nitrogen and oxygen atoms in total. The SMILES string of the molecule is O=C1CCC(NC(=O)c2ccc(Cl)cc2F)CN1. The number of halogens is 2. The summed E-state index contributed by atoms with van der Waals surface area (Å²) in [6.07, 6.45) is 0.931. The van der Waals surface area contributed by atoms with E-state index in [0.717, 1.165) is 6.07 Å². The van der Waals surface area contributed by atoms with Crippen LogP contribution in [-0.4, -0.2) is 24.4 Å². The van der Waals surface area contributed by atoms with E-state index in [1.165, 1.54) is 12.1 Å². The molecule has 0 aromatic heterocycles. The van der Waals surface area contributed by atoms with E-state index in [-0.39, 0.29) is 22.5 Å². The van der Waals surface area contributed by atoms with Crippen molar-refractivity contribution < 1.29 is 14.0 Å². The van der Waals surface area contributed by atoms with Crippen molar-refractivity contribution in [1.82, 2.24) is 10.6 Å². The third-order valence-electron chi connectivity index (χ3n) is 2.78. The van der Waals surface area contributed by atoms with Crippen LogP contribution in [0.2, 0.25) is 5.02 Å². The number of hydrogen-bond donors (Lipinski definition) is 2. The maximum absolute atomic E-state index is 13.5. The highest BCUT2D eigenvalue weighted by Crippen LogP contribution is 2.15. The molecule has 96 valence electrons. The summed E-state index contributed by atoms with van der Waals surface area (Å²) in [7, 11) is 0. The Kier molecular flexibility index (Phi) is 3.81. The largest absolute Gasteiger partial charge is 0.354 e. The van der Waals surface area contributed by atoms with Crippen LogP contribution in [0, 0.1) is 5.82 Å². The molecule has 1 unspecified atom stereocenters. The molecule has 1 atom stereocenters. The number of carbonyl (C=O) groups is 2. The van der Waals surface area contributed by atoms with E-state index >= 15 is 0 Å². The zero-order chi connectivity index (χ0) is 13.1. The highest BCUT2D eigenvalue weighted by molar-refractivity contribution is 6.30. The minimum absolute atomic E-state index is 0.0295. The molecule has 1 aliphatic rings. The lowest BCUT2D eigenvalue weighted by molar-refractivity contribution is -0.122. The van der Waals surface area contributed by atoms with Crippen molar-refractivity contribution in [2.45, 2.75) is 18.9 Å². The van der Waals surface area contributed by atoms with E-state index in [1.54, 1.807) is 0 Å². The number of rotatable bonds is 2. The number of hydrogen-bond acceptors (Lipinski definition) is 2. The predicted octanol–water partition coefficient (Wildman–Crippen LogP) is 1.49. The summed E-state index contributed by atoms with van der Waals surface area (Å²) in [5, 5.41) is 5.57. The fraction of sp³-hybridized carbons (Fsp3) is 0.333. The van der Waals surface area contributed by atoms with Crippen LogP contribution in [0.3, 0.4) is 0 Å². The number of benzene rings is 1. The highest BCUT2D eigenvalue weighted by atomic mass is 35.5. The van der Waals surface area contributed by atoms with Crippen LogP contribution in [0.25, 0.3) is 0 Å². The lowest BCUT2D eigenvalue weighted by Crippen LogP contribution is -2.47. The summed E-state index contributed by atoms with van der Waals surface area (Å²) in [6, 6.07) is 3.74. The van der Waals surface area contributed by atoms with Crippen LogP contribution in [-0.2, 0) is 4.79 Å². The molecule has 1 saturated heterocycles. The second-order valence-corrected chi connectivity index (χ2v) is 4.57. The van der Waals surface area contributed by atoms with E-state index < -0.39 is 11.7 Å². The van der Waals surface area contributed by atoms with Gasteiger partial charge in [-0.05, 0) is 24.6 Å². The molecule has 1 aliphatic heterocycles. The second kappa shape index (κ2) is 5.35. The van der Waals surface area contributed by atoms with Gasteiger partial charge >= 0.3 is 0 Å². The van der Waals surface area contributed by atoms with Gasteiger partial charge in [0.1, 0.15) is 5.82 Å². The first kappa shape index (κ1) is 12.8. The van der Waals surface area contributed by atoms with E-state index in [1.807, 2.05) is 0 Å². The molecular weight excluding hydrogens is 259 g/mol. The topological polar surface area (TPSA) is 58.2 Å². The molecule has 1 fully saturated rings. The molecule has 0 saturated carbocycles.